The Bertz CT molecular complexity index is 1440. The van der Waals surface area contributed by atoms with Crippen LogP contribution in [0.3, 0.4) is 0 Å². The molecule has 7 heteroatoms. The highest BCUT2D eigenvalue weighted by Crippen LogP contribution is 2.35. The fourth-order valence-corrected chi connectivity index (χ4v) is 3.75. The van der Waals surface area contributed by atoms with Gasteiger partial charge in [-0.1, -0.05) is 47.5 Å². The van der Waals surface area contributed by atoms with Gasteiger partial charge in [0.05, 0.1) is 15.6 Å². The van der Waals surface area contributed by atoms with Gasteiger partial charge in [0, 0.05) is 16.6 Å². The summed E-state index contributed by atoms with van der Waals surface area (Å²) in [6, 6.07) is 18.0. The van der Waals surface area contributed by atoms with Crippen LogP contribution >= 0.6 is 23.2 Å². The molecular formula is C23H14Cl2N2O3. The van der Waals surface area contributed by atoms with Gasteiger partial charge in [0.25, 0.3) is 5.91 Å². The van der Waals surface area contributed by atoms with Gasteiger partial charge in [-0.05, 0) is 43.3 Å². The van der Waals surface area contributed by atoms with E-state index < -0.39 is 0 Å². The Morgan fingerprint density at radius 1 is 0.967 bits per heavy atom. The van der Waals surface area contributed by atoms with Crippen LogP contribution in [0.4, 0.5) is 5.69 Å². The zero-order chi connectivity index (χ0) is 20.8. The summed E-state index contributed by atoms with van der Waals surface area (Å²) in [6.07, 6.45) is 0. The summed E-state index contributed by atoms with van der Waals surface area (Å²) in [7, 11) is 0. The minimum Gasteiger partial charge on any atom is -0.451 e. The lowest BCUT2D eigenvalue weighted by Crippen LogP contribution is -2.12. The minimum absolute atomic E-state index is 0.280. The van der Waals surface area contributed by atoms with Gasteiger partial charge in [-0.3, -0.25) is 4.79 Å². The van der Waals surface area contributed by atoms with Crippen LogP contribution in [-0.2, 0) is 0 Å². The standard InChI is InChI=1S/C23H14Cl2N2O3/c1-12-14-5-2-3-8-18(14)29-21(12)22(28)26-13-9-10-19-17(11-13)27-23(30-19)15-6-4-7-16(24)20(15)25/h2-11H,1H3,(H,26,28). The molecule has 0 radical (unpaired) electrons. The van der Waals surface area contributed by atoms with Gasteiger partial charge in [0.1, 0.15) is 11.1 Å². The fraction of sp³-hybridized carbons (Fsp3) is 0.0435. The van der Waals surface area contributed by atoms with Crippen molar-refractivity contribution in [2.75, 3.05) is 5.32 Å². The number of halogens is 2. The number of nitrogens with zero attached hydrogens (tertiary/aromatic N) is 1. The number of hydrogen-bond acceptors (Lipinski definition) is 4. The van der Waals surface area contributed by atoms with Crippen LogP contribution in [0, 0.1) is 6.92 Å². The smallest absolute Gasteiger partial charge is 0.291 e. The number of fused-ring (bicyclic) bond motifs is 2. The maximum atomic E-state index is 12.8. The summed E-state index contributed by atoms with van der Waals surface area (Å²) in [5, 5.41) is 4.57. The van der Waals surface area contributed by atoms with Crippen molar-refractivity contribution in [2.45, 2.75) is 6.92 Å². The van der Waals surface area contributed by atoms with Crippen LogP contribution in [-0.4, -0.2) is 10.9 Å². The van der Waals surface area contributed by atoms with E-state index in [0.717, 1.165) is 10.9 Å². The molecule has 2 heterocycles. The molecule has 0 unspecified atom stereocenters. The SMILES string of the molecule is Cc1c(C(=O)Nc2ccc3oc(-c4cccc(Cl)c4Cl)nc3c2)oc2ccccc12. The molecule has 0 aliphatic carbocycles. The molecule has 5 nitrogen and oxygen atoms in total. The first kappa shape index (κ1) is 18.7. The number of carbonyl (C=O) groups excluding carboxylic acids is 1. The molecule has 0 aliphatic heterocycles. The van der Waals surface area contributed by atoms with Crippen molar-refractivity contribution in [3.8, 4) is 11.5 Å². The van der Waals surface area contributed by atoms with E-state index in [9.17, 15) is 4.79 Å². The lowest BCUT2D eigenvalue weighted by atomic mass is 10.1. The Morgan fingerprint density at radius 3 is 2.63 bits per heavy atom. The number of anilines is 1. The van der Waals surface area contributed by atoms with Crippen molar-refractivity contribution in [3.63, 3.8) is 0 Å². The van der Waals surface area contributed by atoms with Crippen molar-refractivity contribution in [1.82, 2.24) is 4.98 Å². The third-order valence-electron chi connectivity index (χ3n) is 4.88. The summed E-state index contributed by atoms with van der Waals surface area (Å²) >= 11 is 12.4. The second-order valence-electron chi connectivity index (χ2n) is 6.81. The molecule has 148 valence electrons. The molecule has 0 fully saturated rings. The van der Waals surface area contributed by atoms with E-state index in [4.69, 9.17) is 32.0 Å². The summed E-state index contributed by atoms with van der Waals surface area (Å²) < 4.78 is 11.5. The van der Waals surface area contributed by atoms with E-state index in [0.29, 0.717) is 43.9 Å². The molecule has 2 aromatic heterocycles. The monoisotopic (exact) mass is 436 g/mol. The first-order valence-electron chi connectivity index (χ1n) is 9.16. The lowest BCUT2D eigenvalue weighted by molar-refractivity contribution is 0.0998. The highest BCUT2D eigenvalue weighted by atomic mass is 35.5. The van der Waals surface area contributed by atoms with Crippen molar-refractivity contribution in [1.29, 1.82) is 0 Å². The van der Waals surface area contributed by atoms with Crippen LogP contribution in [0.2, 0.25) is 10.0 Å². The Kier molecular flexibility index (Phi) is 4.50. The van der Waals surface area contributed by atoms with Gasteiger partial charge in [0.15, 0.2) is 11.3 Å². The Balaban J connectivity index is 1.47. The van der Waals surface area contributed by atoms with Gasteiger partial charge >= 0.3 is 0 Å². The number of aromatic nitrogens is 1. The van der Waals surface area contributed by atoms with Crippen LogP contribution in [0.1, 0.15) is 16.1 Å². The summed E-state index contributed by atoms with van der Waals surface area (Å²) in [5.41, 5.74) is 3.80. The van der Waals surface area contributed by atoms with Crippen molar-refractivity contribution < 1.29 is 13.6 Å². The average Bonchev–Trinajstić information content (AvgIpc) is 3.31. The summed E-state index contributed by atoms with van der Waals surface area (Å²) in [6.45, 7) is 1.86. The van der Waals surface area contributed by atoms with Gasteiger partial charge in [-0.15, -0.1) is 0 Å². The number of oxazole rings is 1. The maximum Gasteiger partial charge on any atom is 0.291 e. The molecule has 3 aromatic carbocycles. The molecule has 0 saturated heterocycles. The van der Waals surface area contributed by atoms with E-state index >= 15 is 0 Å². The minimum atomic E-state index is -0.329. The van der Waals surface area contributed by atoms with Crippen LogP contribution in [0.5, 0.6) is 0 Å². The highest BCUT2D eigenvalue weighted by molar-refractivity contribution is 6.43. The molecule has 0 atom stereocenters. The predicted octanol–water partition coefficient (Wildman–Crippen LogP) is 7.11. The number of carbonyl (C=O) groups is 1. The fourth-order valence-electron chi connectivity index (χ4n) is 3.37. The number of furan rings is 1. The van der Waals surface area contributed by atoms with Crippen LogP contribution < -0.4 is 5.32 Å². The first-order chi connectivity index (χ1) is 14.5. The van der Waals surface area contributed by atoms with E-state index in [1.54, 1.807) is 36.4 Å². The molecule has 0 saturated carbocycles. The molecule has 1 amide bonds. The zero-order valence-corrected chi connectivity index (χ0v) is 17.2. The Labute approximate surface area is 181 Å². The quantitative estimate of drug-likeness (QED) is 0.327. The largest absolute Gasteiger partial charge is 0.451 e. The number of hydrogen-bond donors (Lipinski definition) is 1. The van der Waals surface area contributed by atoms with Gasteiger partial charge in [0.2, 0.25) is 5.89 Å². The zero-order valence-electron chi connectivity index (χ0n) is 15.7. The predicted molar refractivity (Wildman–Crippen MR) is 118 cm³/mol. The molecule has 0 spiro atoms. The lowest BCUT2D eigenvalue weighted by Gasteiger charge is -2.03. The Morgan fingerprint density at radius 2 is 1.80 bits per heavy atom. The molecule has 1 N–H and O–H groups in total. The Hall–Kier alpha value is -3.28. The van der Waals surface area contributed by atoms with Crippen molar-refractivity contribution in [3.05, 3.63) is 82.0 Å². The van der Waals surface area contributed by atoms with E-state index in [2.05, 4.69) is 10.3 Å². The highest BCUT2D eigenvalue weighted by Gasteiger charge is 2.18. The van der Waals surface area contributed by atoms with E-state index in [1.807, 2.05) is 31.2 Å². The third kappa shape index (κ3) is 3.12. The second-order valence-corrected chi connectivity index (χ2v) is 7.59. The van der Waals surface area contributed by atoms with Gasteiger partial charge in [-0.25, -0.2) is 4.98 Å². The average molecular weight is 437 g/mol. The van der Waals surface area contributed by atoms with Crippen molar-refractivity contribution in [2.24, 2.45) is 0 Å². The number of benzene rings is 3. The number of amides is 1. The summed E-state index contributed by atoms with van der Waals surface area (Å²) in [5.74, 6) is 0.307. The van der Waals surface area contributed by atoms with E-state index in [-0.39, 0.29) is 11.7 Å². The number of aryl methyl sites for hydroxylation is 1. The molecule has 5 rings (SSSR count). The van der Waals surface area contributed by atoms with Gasteiger partial charge < -0.3 is 14.2 Å². The topological polar surface area (TPSA) is 68.3 Å². The van der Waals surface area contributed by atoms with Crippen LogP contribution in [0.15, 0.2) is 69.5 Å². The number of rotatable bonds is 3. The van der Waals surface area contributed by atoms with Gasteiger partial charge in [-0.2, -0.15) is 0 Å². The third-order valence-corrected chi connectivity index (χ3v) is 5.70. The molecule has 30 heavy (non-hydrogen) atoms. The maximum absolute atomic E-state index is 12.8. The normalized spacial score (nSPS) is 11.3. The molecule has 0 aliphatic rings. The molecule has 5 aromatic rings. The number of para-hydroxylation sites is 1. The van der Waals surface area contributed by atoms with E-state index in [1.165, 1.54) is 0 Å². The molecular weight excluding hydrogens is 423 g/mol. The summed E-state index contributed by atoms with van der Waals surface area (Å²) in [4.78, 5) is 17.3. The number of nitrogens with one attached hydrogen (secondary N) is 1. The first-order valence-corrected chi connectivity index (χ1v) is 9.91. The second kappa shape index (κ2) is 7.20. The van der Waals surface area contributed by atoms with Crippen molar-refractivity contribution >= 4 is 56.9 Å². The van der Waals surface area contributed by atoms with Crippen LogP contribution in [0.25, 0.3) is 33.5 Å². The molecule has 0 bridgehead atoms.